The molecule has 0 spiro atoms. The van der Waals surface area contributed by atoms with Crippen LogP contribution in [0.2, 0.25) is 0 Å². The van der Waals surface area contributed by atoms with Gasteiger partial charge in [-0.2, -0.15) is 5.26 Å². The lowest BCUT2D eigenvalue weighted by Crippen LogP contribution is -2.45. The highest BCUT2D eigenvalue weighted by atomic mass is 16.5. The van der Waals surface area contributed by atoms with Crippen LogP contribution in [0.25, 0.3) is 0 Å². The number of benzene rings is 2. The Morgan fingerprint density at radius 1 is 1.32 bits per heavy atom. The van der Waals surface area contributed by atoms with Crippen LogP contribution in [0.4, 0.5) is 5.69 Å². The van der Waals surface area contributed by atoms with Crippen molar-refractivity contribution in [2.45, 2.75) is 38.4 Å². The molecule has 0 aliphatic carbocycles. The van der Waals surface area contributed by atoms with E-state index in [9.17, 15) is 14.4 Å². The molecule has 3 amide bonds. The maximum Gasteiger partial charge on any atom is 0.262 e. The minimum absolute atomic E-state index is 0.0124. The Labute approximate surface area is 179 Å². The number of ether oxygens (including phenoxy) is 1. The lowest BCUT2D eigenvalue weighted by molar-refractivity contribution is -0.136. The van der Waals surface area contributed by atoms with Crippen molar-refractivity contribution in [1.82, 2.24) is 10.2 Å². The average Bonchev–Trinajstić information content (AvgIpc) is 3.13. The van der Waals surface area contributed by atoms with Crippen LogP contribution in [0.5, 0.6) is 5.75 Å². The van der Waals surface area contributed by atoms with Gasteiger partial charge in [-0.25, -0.2) is 0 Å². The summed E-state index contributed by atoms with van der Waals surface area (Å²) in [7, 11) is 0. The molecule has 0 bridgehead atoms. The number of amides is 3. The topological polar surface area (TPSA) is 112 Å². The number of carbonyl (C=O) groups excluding carboxylic acids is 3. The molecule has 4 rings (SSSR count). The van der Waals surface area contributed by atoms with Crippen molar-refractivity contribution in [2.24, 2.45) is 0 Å². The number of hydrogen-bond acceptors (Lipinski definition) is 5. The second-order valence-corrected chi connectivity index (χ2v) is 7.71. The molecule has 0 aromatic heterocycles. The van der Waals surface area contributed by atoms with E-state index in [2.05, 4.69) is 16.7 Å². The quantitative estimate of drug-likeness (QED) is 0.774. The Kier molecular flexibility index (Phi) is 5.58. The van der Waals surface area contributed by atoms with Crippen LogP contribution in [0, 0.1) is 11.3 Å². The van der Waals surface area contributed by atoms with Gasteiger partial charge in [-0.05, 0) is 48.7 Å². The highest BCUT2D eigenvalue weighted by molar-refractivity contribution is 5.95. The SMILES string of the molecule is C[C@H](NC(=O)[C@H]1CCC(=O)N1Cc1cccc(C#N)c1)c1ccc2c(c1)NC(=O)CO2. The molecule has 2 aromatic rings. The molecule has 8 nitrogen and oxygen atoms in total. The van der Waals surface area contributed by atoms with Gasteiger partial charge in [0.2, 0.25) is 11.8 Å². The van der Waals surface area contributed by atoms with Gasteiger partial charge in [-0.15, -0.1) is 0 Å². The maximum absolute atomic E-state index is 13.0. The molecule has 8 heteroatoms. The molecular formula is C23H22N4O4. The molecule has 2 aromatic carbocycles. The van der Waals surface area contributed by atoms with Crippen LogP contribution in [-0.4, -0.2) is 35.3 Å². The summed E-state index contributed by atoms with van der Waals surface area (Å²) >= 11 is 0. The molecule has 2 atom stereocenters. The van der Waals surface area contributed by atoms with Crippen molar-refractivity contribution in [3.63, 3.8) is 0 Å². The van der Waals surface area contributed by atoms with Gasteiger partial charge in [0.1, 0.15) is 11.8 Å². The average molecular weight is 418 g/mol. The molecule has 2 heterocycles. The second kappa shape index (κ2) is 8.48. The Morgan fingerprint density at radius 3 is 2.97 bits per heavy atom. The van der Waals surface area contributed by atoms with E-state index in [1.165, 1.54) is 0 Å². The highest BCUT2D eigenvalue weighted by Crippen LogP contribution is 2.31. The van der Waals surface area contributed by atoms with E-state index in [1.54, 1.807) is 35.2 Å². The Hall–Kier alpha value is -3.86. The third-order valence-corrected chi connectivity index (χ3v) is 5.54. The van der Waals surface area contributed by atoms with Crippen LogP contribution in [-0.2, 0) is 20.9 Å². The largest absolute Gasteiger partial charge is 0.482 e. The number of nitrogens with zero attached hydrogens (tertiary/aromatic N) is 2. The van der Waals surface area contributed by atoms with Crippen LogP contribution in [0.15, 0.2) is 42.5 Å². The Bertz CT molecular complexity index is 1090. The molecule has 31 heavy (non-hydrogen) atoms. The molecule has 2 N–H and O–H groups in total. The lowest BCUT2D eigenvalue weighted by atomic mass is 10.1. The molecule has 2 aliphatic heterocycles. The fraction of sp³-hybridized carbons (Fsp3) is 0.304. The molecule has 1 fully saturated rings. The molecule has 0 saturated carbocycles. The number of nitrogens with one attached hydrogen (secondary N) is 2. The number of rotatable bonds is 5. The Balaban J connectivity index is 1.45. The van der Waals surface area contributed by atoms with E-state index >= 15 is 0 Å². The predicted molar refractivity (Wildman–Crippen MR) is 112 cm³/mol. The van der Waals surface area contributed by atoms with E-state index in [0.29, 0.717) is 29.8 Å². The minimum Gasteiger partial charge on any atom is -0.482 e. The zero-order chi connectivity index (χ0) is 22.0. The second-order valence-electron chi connectivity index (χ2n) is 7.71. The van der Waals surface area contributed by atoms with Crippen molar-refractivity contribution in [1.29, 1.82) is 5.26 Å². The lowest BCUT2D eigenvalue weighted by Gasteiger charge is -2.26. The summed E-state index contributed by atoms with van der Waals surface area (Å²) in [5, 5.41) is 14.8. The zero-order valence-electron chi connectivity index (χ0n) is 17.1. The normalized spacial score (nSPS) is 18.5. The molecule has 158 valence electrons. The maximum atomic E-state index is 13.0. The number of likely N-dealkylation sites (tertiary alicyclic amines) is 1. The summed E-state index contributed by atoms with van der Waals surface area (Å²) in [6.07, 6.45) is 0.760. The van der Waals surface area contributed by atoms with Gasteiger partial charge >= 0.3 is 0 Å². The third kappa shape index (κ3) is 4.36. The van der Waals surface area contributed by atoms with Crippen LogP contribution in [0.1, 0.15) is 42.5 Å². The predicted octanol–water partition coefficient (Wildman–Crippen LogP) is 2.26. The van der Waals surface area contributed by atoms with Gasteiger partial charge in [-0.3, -0.25) is 14.4 Å². The van der Waals surface area contributed by atoms with Crippen molar-refractivity contribution in [3.8, 4) is 11.8 Å². The highest BCUT2D eigenvalue weighted by Gasteiger charge is 2.36. The Morgan fingerprint density at radius 2 is 2.16 bits per heavy atom. The smallest absolute Gasteiger partial charge is 0.262 e. The summed E-state index contributed by atoms with van der Waals surface area (Å²) in [5.41, 5.74) is 2.72. The van der Waals surface area contributed by atoms with E-state index in [4.69, 9.17) is 10.00 Å². The van der Waals surface area contributed by atoms with Gasteiger partial charge in [-0.1, -0.05) is 18.2 Å². The summed E-state index contributed by atoms with van der Waals surface area (Å²) in [6, 6.07) is 13.6. The first-order valence-electron chi connectivity index (χ1n) is 10.1. The standard InChI is InChI=1S/C23H22N4O4/c1-14(17-5-7-20-18(10-17)26-21(28)13-31-20)25-23(30)19-6-8-22(29)27(19)12-16-4-2-3-15(9-16)11-24/h2-5,7,9-10,14,19H,6,8,12-13H2,1H3,(H,25,30)(H,26,28)/t14-,19+/m0/s1. The first-order chi connectivity index (χ1) is 14.9. The van der Waals surface area contributed by atoms with Gasteiger partial charge in [0, 0.05) is 13.0 Å². The van der Waals surface area contributed by atoms with Crippen molar-refractivity contribution in [2.75, 3.05) is 11.9 Å². The molecule has 1 saturated heterocycles. The fourth-order valence-electron chi connectivity index (χ4n) is 3.90. The molecular weight excluding hydrogens is 396 g/mol. The van der Waals surface area contributed by atoms with Gasteiger partial charge in [0.25, 0.3) is 5.91 Å². The van der Waals surface area contributed by atoms with E-state index in [0.717, 1.165) is 11.1 Å². The number of carbonyl (C=O) groups is 3. The van der Waals surface area contributed by atoms with Crippen LogP contribution in [0.3, 0.4) is 0 Å². The first-order valence-corrected chi connectivity index (χ1v) is 10.1. The van der Waals surface area contributed by atoms with Gasteiger partial charge < -0.3 is 20.3 Å². The zero-order valence-corrected chi connectivity index (χ0v) is 17.1. The summed E-state index contributed by atoms with van der Waals surface area (Å²) in [4.78, 5) is 38.5. The van der Waals surface area contributed by atoms with Gasteiger partial charge in [0.05, 0.1) is 23.4 Å². The molecule has 0 radical (unpaired) electrons. The number of fused-ring (bicyclic) bond motifs is 1. The molecule has 0 unspecified atom stereocenters. The summed E-state index contributed by atoms with van der Waals surface area (Å²) in [5.74, 6) is 0.0626. The number of hydrogen-bond donors (Lipinski definition) is 2. The van der Waals surface area contributed by atoms with Crippen molar-refractivity contribution >= 4 is 23.4 Å². The minimum atomic E-state index is -0.568. The summed E-state index contributed by atoms with van der Waals surface area (Å²) in [6.45, 7) is 2.12. The summed E-state index contributed by atoms with van der Waals surface area (Å²) < 4.78 is 5.37. The number of nitriles is 1. The fourth-order valence-corrected chi connectivity index (χ4v) is 3.90. The van der Waals surface area contributed by atoms with E-state index in [-0.39, 0.29) is 36.9 Å². The van der Waals surface area contributed by atoms with E-state index < -0.39 is 6.04 Å². The van der Waals surface area contributed by atoms with Crippen LogP contribution < -0.4 is 15.4 Å². The monoisotopic (exact) mass is 418 g/mol. The van der Waals surface area contributed by atoms with Crippen molar-refractivity contribution < 1.29 is 19.1 Å². The van der Waals surface area contributed by atoms with Crippen molar-refractivity contribution in [3.05, 3.63) is 59.2 Å². The third-order valence-electron chi connectivity index (χ3n) is 5.54. The van der Waals surface area contributed by atoms with E-state index in [1.807, 2.05) is 19.1 Å². The number of anilines is 1. The van der Waals surface area contributed by atoms with Gasteiger partial charge in [0.15, 0.2) is 6.61 Å². The molecule has 2 aliphatic rings. The first kappa shape index (κ1) is 20.4. The van der Waals surface area contributed by atoms with Crippen LogP contribution >= 0.6 is 0 Å².